The summed E-state index contributed by atoms with van der Waals surface area (Å²) < 4.78 is 0. The van der Waals surface area contributed by atoms with Gasteiger partial charge in [-0.2, -0.15) is 0 Å². The van der Waals surface area contributed by atoms with E-state index in [1.165, 1.54) is 18.5 Å². The lowest BCUT2D eigenvalue weighted by Gasteiger charge is -2.13. The molecule has 2 rings (SSSR count). The summed E-state index contributed by atoms with van der Waals surface area (Å²) in [6.07, 6.45) is 2.79. The number of aromatic nitrogens is 1. The Morgan fingerprint density at radius 2 is 1.95 bits per heavy atom. The van der Waals surface area contributed by atoms with Crippen molar-refractivity contribution in [2.24, 2.45) is 0 Å². The standard InChI is InChI=1S/C13H13N3O5/c17-10(4-6-16-11(18)1-2-12(16)19)15-9-7-14-5-3-8(9)13(20)21/h3,5,7H,1-2,4,6H2,(H,15,17)(H,20,21). The van der Waals surface area contributed by atoms with Gasteiger partial charge in [0.15, 0.2) is 0 Å². The molecule has 0 radical (unpaired) electrons. The fourth-order valence-corrected chi connectivity index (χ4v) is 1.98. The van der Waals surface area contributed by atoms with Crippen molar-refractivity contribution in [1.29, 1.82) is 0 Å². The summed E-state index contributed by atoms with van der Waals surface area (Å²) in [7, 11) is 0. The summed E-state index contributed by atoms with van der Waals surface area (Å²) in [5, 5.41) is 11.4. The van der Waals surface area contributed by atoms with Gasteiger partial charge in [-0.05, 0) is 6.07 Å². The Labute approximate surface area is 119 Å². The first-order chi connectivity index (χ1) is 9.99. The highest BCUT2D eigenvalue weighted by molar-refractivity contribution is 6.03. The van der Waals surface area contributed by atoms with E-state index in [-0.39, 0.29) is 48.9 Å². The summed E-state index contributed by atoms with van der Waals surface area (Å²) >= 11 is 0. The number of likely N-dealkylation sites (tertiary alicyclic amines) is 1. The van der Waals surface area contributed by atoms with Crippen molar-refractivity contribution in [3.8, 4) is 0 Å². The topological polar surface area (TPSA) is 117 Å². The number of pyridine rings is 1. The van der Waals surface area contributed by atoms with Gasteiger partial charge in [0.2, 0.25) is 17.7 Å². The van der Waals surface area contributed by atoms with Crippen LogP contribution in [0.5, 0.6) is 0 Å². The van der Waals surface area contributed by atoms with Gasteiger partial charge in [-0.15, -0.1) is 0 Å². The largest absolute Gasteiger partial charge is 0.478 e. The maximum Gasteiger partial charge on any atom is 0.337 e. The van der Waals surface area contributed by atoms with Crippen LogP contribution in [0.1, 0.15) is 29.6 Å². The Kier molecular flexibility index (Phi) is 4.27. The number of carbonyl (C=O) groups excluding carboxylic acids is 3. The van der Waals surface area contributed by atoms with Crippen molar-refractivity contribution < 1.29 is 24.3 Å². The molecule has 1 aromatic rings. The smallest absolute Gasteiger partial charge is 0.337 e. The molecule has 0 aromatic carbocycles. The van der Waals surface area contributed by atoms with Gasteiger partial charge in [-0.3, -0.25) is 24.3 Å². The zero-order valence-corrected chi connectivity index (χ0v) is 11.0. The second kappa shape index (κ2) is 6.12. The van der Waals surface area contributed by atoms with E-state index in [9.17, 15) is 19.2 Å². The van der Waals surface area contributed by atoms with Crippen LogP contribution in [0.2, 0.25) is 0 Å². The number of rotatable bonds is 5. The van der Waals surface area contributed by atoms with Gasteiger partial charge in [0, 0.05) is 32.0 Å². The first-order valence-corrected chi connectivity index (χ1v) is 6.29. The minimum Gasteiger partial charge on any atom is -0.478 e. The molecule has 2 heterocycles. The van der Waals surface area contributed by atoms with E-state index in [1.807, 2.05) is 0 Å². The molecule has 1 saturated heterocycles. The lowest BCUT2D eigenvalue weighted by molar-refractivity contribution is -0.138. The highest BCUT2D eigenvalue weighted by Gasteiger charge is 2.28. The van der Waals surface area contributed by atoms with E-state index in [1.54, 1.807) is 0 Å². The van der Waals surface area contributed by atoms with Crippen molar-refractivity contribution in [3.05, 3.63) is 24.0 Å². The predicted molar refractivity (Wildman–Crippen MR) is 70.4 cm³/mol. The monoisotopic (exact) mass is 291 g/mol. The van der Waals surface area contributed by atoms with Crippen molar-refractivity contribution in [3.63, 3.8) is 0 Å². The number of nitrogens with zero attached hydrogens (tertiary/aromatic N) is 2. The molecule has 8 heteroatoms. The van der Waals surface area contributed by atoms with Crippen LogP contribution in [-0.2, 0) is 14.4 Å². The van der Waals surface area contributed by atoms with Crippen LogP contribution in [-0.4, -0.2) is 45.2 Å². The van der Waals surface area contributed by atoms with Crippen LogP contribution in [0.3, 0.4) is 0 Å². The molecule has 1 aliphatic heterocycles. The number of hydrogen-bond donors (Lipinski definition) is 2. The molecule has 1 fully saturated rings. The average molecular weight is 291 g/mol. The molecule has 2 N–H and O–H groups in total. The number of imide groups is 1. The number of carboxylic acids is 1. The third-order valence-corrected chi connectivity index (χ3v) is 3.04. The van der Waals surface area contributed by atoms with Crippen LogP contribution in [0.4, 0.5) is 5.69 Å². The Bertz CT molecular complexity index is 598. The lowest BCUT2D eigenvalue weighted by atomic mass is 10.2. The average Bonchev–Trinajstić information content (AvgIpc) is 2.76. The second-order valence-corrected chi connectivity index (χ2v) is 4.46. The number of hydrogen-bond acceptors (Lipinski definition) is 5. The predicted octanol–water partition coefficient (Wildman–Crippen LogP) is 0.257. The molecule has 1 aliphatic rings. The van der Waals surface area contributed by atoms with Crippen LogP contribution >= 0.6 is 0 Å². The van der Waals surface area contributed by atoms with E-state index in [2.05, 4.69) is 10.3 Å². The fraction of sp³-hybridized carbons (Fsp3) is 0.308. The molecular weight excluding hydrogens is 278 g/mol. The van der Waals surface area contributed by atoms with Gasteiger partial charge >= 0.3 is 5.97 Å². The minimum atomic E-state index is -1.18. The molecule has 0 spiro atoms. The molecule has 1 aromatic heterocycles. The van der Waals surface area contributed by atoms with Crippen molar-refractivity contribution in [2.75, 3.05) is 11.9 Å². The van der Waals surface area contributed by atoms with Crippen molar-refractivity contribution in [2.45, 2.75) is 19.3 Å². The number of aromatic carboxylic acids is 1. The molecule has 8 nitrogen and oxygen atoms in total. The van der Waals surface area contributed by atoms with E-state index in [0.29, 0.717) is 0 Å². The third kappa shape index (κ3) is 3.41. The molecule has 21 heavy (non-hydrogen) atoms. The minimum absolute atomic E-state index is 0.00777. The molecule has 0 bridgehead atoms. The van der Waals surface area contributed by atoms with E-state index >= 15 is 0 Å². The summed E-state index contributed by atoms with van der Waals surface area (Å²) in [6.45, 7) is -0.00777. The zero-order chi connectivity index (χ0) is 15.4. The molecule has 3 amide bonds. The maximum absolute atomic E-state index is 11.8. The van der Waals surface area contributed by atoms with Gasteiger partial charge in [0.1, 0.15) is 0 Å². The molecule has 0 unspecified atom stereocenters. The number of carbonyl (C=O) groups is 4. The number of nitrogens with one attached hydrogen (secondary N) is 1. The Morgan fingerprint density at radius 3 is 2.57 bits per heavy atom. The highest BCUT2D eigenvalue weighted by atomic mass is 16.4. The van der Waals surface area contributed by atoms with E-state index in [0.717, 1.165) is 4.90 Å². The van der Waals surface area contributed by atoms with Gasteiger partial charge in [-0.25, -0.2) is 4.79 Å². The summed E-state index contributed by atoms with van der Waals surface area (Å²) in [6, 6.07) is 1.27. The van der Waals surface area contributed by atoms with Crippen molar-refractivity contribution in [1.82, 2.24) is 9.88 Å². The lowest BCUT2D eigenvalue weighted by Crippen LogP contribution is -2.32. The fourth-order valence-electron chi connectivity index (χ4n) is 1.98. The Morgan fingerprint density at radius 1 is 1.29 bits per heavy atom. The highest BCUT2D eigenvalue weighted by Crippen LogP contribution is 2.15. The normalized spacial score (nSPS) is 14.4. The SMILES string of the molecule is O=C(CCN1C(=O)CCC1=O)Nc1cnccc1C(=O)O. The van der Waals surface area contributed by atoms with Crippen molar-refractivity contribution >= 4 is 29.4 Å². The quantitative estimate of drug-likeness (QED) is 0.751. The van der Waals surface area contributed by atoms with Gasteiger partial charge < -0.3 is 10.4 Å². The van der Waals surface area contributed by atoms with Crippen LogP contribution < -0.4 is 5.32 Å². The Hall–Kier alpha value is -2.77. The summed E-state index contributed by atoms with van der Waals surface area (Å²) in [4.78, 5) is 50.3. The first-order valence-electron chi connectivity index (χ1n) is 6.29. The zero-order valence-electron chi connectivity index (χ0n) is 11.0. The number of carboxylic acid groups (broad SMARTS) is 1. The summed E-state index contributed by atoms with van der Waals surface area (Å²) in [5.74, 6) is -2.25. The van der Waals surface area contributed by atoms with Gasteiger partial charge in [0.05, 0.1) is 17.4 Å². The molecular formula is C13H13N3O5. The van der Waals surface area contributed by atoms with Gasteiger partial charge in [-0.1, -0.05) is 0 Å². The third-order valence-electron chi connectivity index (χ3n) is 3.04. The maximum atomic E-state index is 11.8. The molecule has 110 valence electrons. The molecule has 0 saturated carbocycles. The van der Waals surface area contributed by atoms with E-state index in [4.69, 9.17) is 5.11 Å². The van der Waals surface area contributed by atoms with E-state index < -0.39 is 11.9 Å². The number of amides is 3. The van der Waals surface area contributed by atoms with Crippen LogP contribution in [0.15, 0.2) is 18.5 Å². The second-order valence-electron chi connectivity index (χ2n) is 4.46. The molecule has 0 aliphatic carbocycles. The summed E-state index contributed by atoms with van der Waals surface area (Å²) in [5.41, 5.74) is 0.000695. The first kappa shape index (κ1) is 14.6. The molecule has 0 atom stereocenters. The van der Waals surface area contributed by atoms with Crippen LogP contribution in [0, 0.1) is 0 Å². The van der Waals surface area contributed by atoms with Crippen LogP contribution in [0.25, 0.3) is 0 Å². The Balaban J connectivity index is 1.95. The number of anilines is 1. The van der Waals surface area contributed by atoms with Gasteiger partial charge in [0.25, 0.3) is 0 Å².